The molecule has 17 nitrogen and oxygen atoms in total. The molecule has 2 aromatic carbocycles. The fourth-order valence-corrected chi connectivity index (χ4v) is 4.46. The largest absolute Gasteiger partial charge is 0.467 e. The van der Waals surface area contributed by atoms with Crippen LogP contribution >= 0.6 is 0 Å². The summed E-state index contributed by atoms with van der Waals surface area (Å²) in [6, 6.07) is 10.1. The van der Waals surface area contributed by atoms with Gasteiger partial charge in [-0.3, -0.25) is 19.2 Å². The van der Waals surface area contributed by atoms with E-state index >= 15 is 0 Å². The lowest BCUT2D eigenvalue weighted by molar-refractivity contribution is -0.150. The Morgan fingerprint density at radius 3 is 2.06 bits per heavy atom. The summed E-state index contributed by atoms with van der Waals surface area (Å²) in [4.78, 5) is 87.5. The molecule has 2 aromatic rings. The van der Waals surface area contributed by atoms with Crippen LogP contribution in [-0.4, -0.2) is 85.3 Å². The van der Waals surface area contributed by atoms with E-state index in [-0.39, 0.29) is 62.6 Å². The number of hydrogen-bond acceptors (Lipinski definition) is 11. The molecule has 0 spiro atoms. The topological polar surface area (TPSA) is 254 Å². The van der Waals surface area contributed by atoms with Gasteiger partial charge in [-0.05, 0) is 55.4 Å². The van der Waals surface area contributed by atoms with E-state index in [4.69, 9.17) is 15.2 Å². The normalized spacial score (nSPS) is 13.0. The summed E-state index contributed by atoms with van der Waals surface area (Å²) in [6.45, 7) is 5.30. The second-order valence-corrected chi connectivity index (χ2v) is 12.1. The number of urea groups is 1. The van der Waals surface area contributed by atoms with Gasteiger partial charge in [0.05, 0.1) is 13.7 Å². The third-order valence-corrected chi connectivity index (χ3v) is 7.31. The fourth-order valence-electron chi connectivity index (χ4n) is 4.46. The number of aliphatic hydroxyl groups excluding tert-OH is 1. The number of hydrogen-bond donors (Lipinski definition) is 7. The van der Waals surface area contributed by atoms with Crippen LogP contribution in [0, 0.1) is 5.92 Å². The van der Waals surface area contributed by atoms with Crippen LogP contribution in [0.15, 0.2) is 54.6 Å². The number of nitrogens with two attached hydrogens (primary N) is 1. The zero-order valence-electron chi connectivity index (χ0n) is 29.6. The summed E-state index contributed by atoms with van der Waals surface area (Å²) in [5.41, 5.74) is 6.33. The summed E-state index contributed by atoms with van der Waals surface area (Å²) >= 11 is 0. The van der Waals surface area contributed by atoms with Crippen molar-refractivity contribution < 1.29 is 52.9 Å². The van der Waals surface area contributed by atoms with Crippen LogP contribution in [0.25, 0.3) is 0 Å². The van der Waals surface area contributed by atoms with Crippen LogP contribution in [0.4, 0.5) is 15.3 Å². The number of amides is 6. The number of rotatable bonds is 20. The Morgan fingerprint density at radius 1 is 0.788 bits per heavy atom. The lowest BCUT2D eigenvalue weighted by Crippen LogP contribution is -2.55. The standard InChI is InChI=1S/C35H48N6O11/c1-21(2)19-51-28(42)17-16-27(41-35(49)52-20-23-9-6-5-7-10-23)31(45)38-22(3)30(44)40-26(11-8-18-37-34(36)48)32(46)39-25-14-12-24(13-15-25)29(43)33(47)50-4/h5-7,9-10,12-15,21-22,26-27,29,43H,8,11,16-20H2,1-4H3,(H,38,45)(H,39,46)(H,40,44)(H,41,49)(H3,36,37,48)/t22-,26-,27-,29?/m0/s1. The van der Waals surface area contributed by atoms with Crippen molar-refractivity contribution in [2.24, 2.45) is 11.7 Å². The molecule has 2 rings (SSSR count). The quantitative estimate of drug-likeness (QED) is 0.0585. The van der Waals surface area contributed by atoms with E-state index in [0.717, 1.165) is 7.11 Å². The van der Waals surface area contributed by atoms with Gasteiger partial charge in [-0.2, -0.15) is 0 Å². The first-order valence-electron chi connectivity index (χ1n) is 16.6. The van der Waals surface area contributed by atoms with Gasteiger partial charge in [0.25, 0.3) is 0 Å². The van der Waals surface area contributed by atoms with Crippen molar-refractivity contribution >= 4 is 47.5 Å². The molecule has 52 heavy (non-hydrogen) atoms. The average Bonchev–Trinajstić information content (AvgIpc) is 3.12. The lowest BCUT2D eigenvalue weighted by atomic mass is 10.1. The van der Waals surface area contributed by atoms with Gasteiger partial charge in [-0.25, -0.2) is 14.4 Å². The molecule has 17 heteroatoms. The molecule has 284 valence electrons. The van der Waals surface area contributed by atoms with Crippen molar-refractivity contribution in [1.29, 1.82) is 0 Å². The molecule has 0 saturated carbocycles. The van der Waals surface area contributed by atoms with Gasteiger partial charge in [0.1, 0.15) is 24.7 Å². The SMILES string of the molecule is COC(=O)C(O)c1ccc(NC(=O)[C@H](CCCNC(N)=O)NC(=O)[C@H](C)NC(=O)[C@H](CCC(=O)OCC(C)C)NC(=O)OCc2ccccc2)cc1. The summed E-state index contributed by atoms with van der Waals surface area (Å²) in [6.07, 6.45) is -2.54. The Labute approximate surface area is 301 Å². The lowest BCUT2D eigenvalue weighted by Gasteiger charge is -2.23. The Hall–Kier alpha value is -5.71. The predicted molar refractivity (Wildman–Crippen MR) is 187 cm³/mol. The molecule has 1 unspecified atom stereocenters. The molecule has 6 amide bonds. The van der Waals surface area contributed by atoms with Crippen molar-refractivity contribution in [3.63, 3.8) is 0 Å². The van der Waals surface area contributed by atoms with E-state index in [9.17, 15) is 38.7 Å². The van der Waals surface area contributed by atoms with Crippen LogP contribution in [0.3, 0.4) is 0 Å². The average molecular weight is 729 g/mol. The van der Waals surface area contributed by atoms with Gasteiger partial charge in [0.15, 0.2) is 6.10 Å². The zero-order chi connectivity index (χ0) is 38.6. The molecule has 0 aliphatic carbocycles. The van der Waals surface area contributed by atoms with Crippen LogP contribution < -0.4 is 32.3 Å². The maximum atomic E-state index is 13.3. The number of carbonyl (C=O) groups excluding carboxylic acids is 7. The van der Waals surface area contributed by atoms with E-state index < -0.39 is 66.0 Å². The third-order valence-electron chi connectivity index (χ3n) is 7.31. The molecule has 8 N–H and O–H groups in total. The van der Waals surface area contributed by atoms with Gasteiger partial charge in [-0.1, -0.05) is 56.3 Å². The number of ether oxygens (including phenoxy) is 3. The fraction of sp³-hybridized carbons (Fsp3) is 0.457. The van der Waals surface area contributed by atoms with Crippen molar-refractivity contribution in [3.05, 3.63) is 65.7 Å². The second-order valence-electron chi connectivity index (χ2n) is 12.1. The van der Waals surface area contributed by atoms with Crippen LogP contribution in [0.5, 0.6) is 0 Å². The number of esters is 2. The number of primary amides is 1. The van der Waals surface area contributed by atoms with Crippen molar-refractivity contribution in [2.45, 2.75) is 77.3 Å². The van der Waals surface area contributed by atoms with Crippen molar-refractivity contribution in [2.75, 3.05) is 25.6 Å². The molecule has 0 aliphatic rings. The van der Waals surface area contributed by atoms with Gasteiger partial charge >= 0.3 is 24.1 Å². The number of benzene rings is 2. The highest BCUT2D eigenvalue weighted by Crippen LogP contribution is 2.18. The molecule has 0 heterocycles. The first kappa shape index (κ1) is 42.5. The summed E-state index contributed by atoms with van der Waals surface area (Å²) in [7, 11) is 1.13. The van der Waals surface area contributed by atoms with E-state index in [1.54, 1.807) is 30.3 Å². The Balaban J connectivity index is 2.11. The smallest absolute Gasteiger partial charge is 0.408 e. The predicted octanol–water partition coefficient (Wildman–Crippen LogP) is 1.54. The highest BCUT2D eigenvalue weighted by molar-refractivity contribution is 5.98. The van der Waals surface area contributed by atoms with E-state index in [0.29, 0.717) is 5.56 Å². The highest BCUT2D eigenvalue weighted by atomic mass is 16.6. The van der Waals surface area contributed by atoms with Crippen LogP contribution in [0.2, 0.25) is 0 Å². The molecule has 0 aromatic heterocycles. The maximum Gasteiger partial charge on any atom is 0.408 e. The molecular formula is C35H48N6O11. The molecule has 0 fully saturated rings. The van der Waals surface area contributed by atoms with Crippen LogP contribution in [0.1, 0.15) is 63.7 Å². The van der Waals surface area contributed by atoms with E-state index in [1.807, 2.05) is 13.8 Å². The molecule has 0 aliphatic heterocycles. The monoisotopic (exact) mass is 728 g/mol. The van der Waals surface area contributed by atoms with Gasteiger partial charge in [-0.15, -0.1) is 0 Å². The number of alkyl carbamates (subject to hydrolysis) is 1. The minimum atomic E-state index is -1.52. The minimum absolute atomic E-state index is 0.0492. The molecular weight excluding hydrogens is 680 g/mol. The van der Waals surface area contributed by atoms with Crippen LogP contribution in [-0.2, 0) is 44.8 Å². The minimum Gasteiger partial charge on any atom is -0.467 e. The first-order valence-corrected chi connectivity index (χ1v) is 16.6. The molecule has 4 atom stereocenters. The number of anilines is 1. The van der Waals surface area contributed by atoms with Crippen molar-refractivity contribution in [3.8, 4) is 0 Å². The Kier molecular flexibility index (Phi) is 18.1. The van der Waals surface area contributed by atoms with Gasteiger partial charge in [0, 0.05) is 18.7 Å². The maximum absolute atomic E-state index is 13.3. The zero-order valence-corrected chi connectivity index (χ0v) is 29.6. The number of methoxy groups -OCH3 is 1. The van der Waals surface area contributed by atoms with E-state index in [2.05, 4.69) is 31.3 Å². The summed E-state index contributed by atoms with van der Waals surface area (Å²) in [5, 5.41) is 22.6. The summed E-state index contributed by atoms with van der Waals surface area (Å²) in [5.74, 6) is -3.55. The second kappa shape index (κ2) is 22.2. The van der Waals surface area contributed by atoms with Gasteiger partial charge < -0.3 is 51.6 Å². The molecule has 0 saturated heterocycles. The molecule has 0 bridgehead atoms. The third kappa shape index (κ3) is 15.9. The summed E-state index contributed by atoms with van der Waals surface area (Å²) < 4.78 is 14.9. The Morgan fingerprint density at radius 2 is 1.44 bits per heavy atom. The number of nitrogens with one attached hydrogen (secondary N) is 5. The number of aliphatic hydroxyl groups is 1. The number of carbonyl (C=O) groups is 7. The highest BCUT2D eigenvalue weighted by Gasteiger charge is 2.29. The van der Waals surface area contributed by atoms with Gasteiger partial charge in [0.2, 0.25) is 17.7 Å². The van der Waals surface area contributed by atoms with Crippen molar-refractivity contribution in [1.82, 2.24) is 21.3 Å². The first-order chi connectivity index (χ1) is 24.7. The molecule has 0 radical (unpaired) electrons. The Bertz CT molecular complexity index is 1500. The van der Waals surface area contributed by atoms with E-state index in [1.165, 1.54) is 31.2 Å².